The Hall–Kier alpha value is -3.93. The van der Waals surface area contributed by atoms with Crippen molar-refractivity contribution in [2.45, 2.75) is 45.6 Å². The highest BCUT2D eigenvalue weighted by molar-refractivity contribution is 5.93. The Balaban J connectivity index is 0.00000216. The van der Waals surface area contributed by atoms with Crippen LogP contribution in [0.4, 0.5) is 5.82 Å². The minimum atomic E-state index is 0.0287. The molecule has 40 heavy (non-hydrogen) atoms. The maximum Gasteiger partial charge on any atom is 0.253 e. The van der Waals surface area contributed by atoms with Gasteiger partial charge in [0.25, 0.3) is 5.91 Å². The van der Waals surface area contributed by atoms with E-state index >= 15 is 0 Å². The number of likely N-dealkylation sites (N-methyl/N-ethyl adjacent to an activating group) is 1. The van der Waals surface area contributed by atoms with E-state index < -0.39 is 0 Å². The molecule has 0 saturated carbocycles. The molecule has 3 heterocycles. The van der Waals surface area contributed by atoms with Crippen molar-refractivity contribution in [3.05, 3.63) is 88.8 Å². The monoisotopic (exact) mass is 541 g/mol. The number of nitriles is 1. The normalized spacial score (nSPS) is 22.3. The van der Waals surface area contributed by atoms with E-state index in [9.17, 15) is 10.1 Å². The number of pyridine rings is 1. The second kappa shape index (κ2) is 13.9. The van der Waals surface area contributed by atoms with Gasteiger partial charge in [0.1, 0.15) is 11.9 Å². The third-order valence-corrected chi connectivity index (χ3v) is 7.48. The average Bonchev–Trinajstić information content (AvgIpc) is 2.96. The van der Waals surface area contributed by atoms with Crippen molar-refractivity contribution in [1.82, 2.24) is 25.2 Å². The molecule has 2 unspecified atom stereocenters. The molecule has 1 saturated heterocycles. The van der Waals surface area contributed by atoms with Gasteiger partial charge in [-0.2, -0.15) is 5.26 Å². The molecule has 1 aromatic heterocycles. The molecule has 1 fully saturated rings. The Morgan fingerprint density at radius 2 is 1.93 bits per heavy atom. The molecule has 0 spiro atoms. The molecule has 4 rings (SSSR count). The van der Waals surface area contributed by atoms with Crippen LogP contribution in [-0.2, 0) is 0 Å². The summed E-state index contributed by atoms with van der Waals surface area (Å²) in [5.41, 5.74) is 15.1. The first-order valence-corrected chi connectivity index (χ1v) is 14.0. The predicted octanol–water partition coefficient (Wildman–Crippen LogP) is 4.81. The van der Waals surface area contributed by atoms with Crippen LogP contribution in [0, 0.1) is 11.3 Å². The molecule has 0 bridgehead atoms. The van der Waals surface area contributed by atoms with Crippen molar-refractivity contribution in [2.24, 2.45) is 0 Å². The number of hydrogen-bond acceptors (Lipinski definition) is 7. The number of carbonyl (C=O) groups excluding carboxylic acids is 1. The first-order valence-electron chi connectivity index (χ1n) is 14.0. The van der Waals surface area contributed by atoms with Gasteiger partial charge in [-0.1, -0.05) is 38.6 Å². The second-order valence-electron chi connectivity index (χ2n) is 10.3. The first-order chi connectivity index (χ1) is 19.2. The second-order valence-corrected chi connectivity index (χ2v) is 10.3. The number of hydrazine groups is 1. The lowest BCUT2D eigenvalue weighted by molar-refractivity contribution is 0.0827. The highest BCUT2D eigenvalue weighted by atomic mass is 16.2. The van der Waals surface area contributed by atoms with E-state index in [4.69, 9.17) is 5.73 Å². The van der Waals surface area contributed by atoms with Gasteiger partial charge in [-0.15, -0.1) is 0 Å². The van der Waals surface area contributed by atoms with Gasteiger partial charge in [0.2, 0.25) is 0 Å². The lowest BCUT2D eigenvalue weighted by Crippen LogP contribution is -2.45. The molecule has 3 N–H and O–H groups in total. The van der Waals surface area contributed by atoms with Gasteiger partial charge in [0, 0.05) is 57.1 Å². The SMILES string of the molecule is C=C1/C=C(/CN2CCC(c3ccc(C(=O)N(C)C)cc3)CC2C)N(C)NC/C=C\1c1ccc(N)nc1C#N.CC. The van der Waals surface area contributed by atoms with Gasteiger partial charge in [-0.3, -0.25) is 9.69 Å². The highest BCUT2D eigenvalue weighted by Crippen LogP contribution is 2.33. The van der Waals surface area contributed by atoms with Crippen molar-refractivity contribution < 1.29 is 4.79 Å². The van der Waals surface area contributed by atoms with Crippen LogP contribution in [0.25, 0.3) is 5.57 Å². The number of nitrogen functional groups attached to an aromatic ring is 1. The van der Waals surface area contributed by atoms with Crippen LogP contribution in [0.15, 0.2) is 66.4 Å². The topological polar surface area (TPSA) is 102 Å². The molecule has 2 aliphatic heterocycles. The molecule has 8 nitrogen and oxygen atoms in total. The van der Waals surface area contributed by atoms with Crippen LogP contribution in [-0.4, -0.2) is 72.5 Å². The van der Waals surface area contributed by atoms with Crippen molar-refractivity contribution in [2.75, 3.05) is 46.5 Å². The zero-order valence-electron chi connectivity index (χ0n) is 24.7. The number of likely N-dealkylation sites (tertiary alicyclic amines) is 1. The Morgan fingerprint density at radius 1 is 1.23 bits per heavy atom. The summed E-state index contributed by atoms with van der Waals surface area (Å²) in [5.74, 6) is 0.826. The summed E-state index contributed by atoms with van der Waals surface area (Å²) in [4.78, 5) is 20.5. The van der Waals surface area contributed by atoms with Crippen LogP contribution in [0.2, 0.25) is 0 Å². The number of nitrogens with one attached hydrogen (secondary N) is 1. The Bertz CT molecular complexity index is 1300. The standard InChI is InChI=1S/C30H37N7O.C2H6/c1-20-16-25(36(5)33-14-12-26(20)27-10-11-29(32)34-28(27)18-31)19-37-15-13-24(17-21(37)2)22-6-8-23(9-7-22)30(38)35(3)4;1-2/h6-12,16,21,24,33H,1,13-15,17,19H2,2-5H3,(H2,32,34);1-2H3/b25-16-,26-12+;. The lowest BCUT2D eigenvalue weighted by Gasteiger charge is -2.40. The summed E-state index contributed by atoms with van der Waals surface area (Å²) < 4.78 is 0. The Morgan fingerprint density at radius 3 is 2.55 bits per heavy atom. The van der Waals surface area contributed by atoms with E-state index in [1.807, 2.05) is 45.2 Å². The van der Waals surface area contributed by atoms with E-state index in [0.29, 0.717) is 30.0 Å². The lowest BCUT2D eigenvalue weighted by atomic mass is 9.85. The van der Waals surface area contributed by atoms with Crippen LogP contribution >= 0.6 is 0 Å². The molecule has 2 aromatic rings. The van der Waals surface area contributed by atoms with E-state index in [0.717, 1.165) is 53.9 Å². The minimum absolute atomic E-state index is 0.0287. The van der Waals surface area contributed by atoms with E-state index in [1.165, 1.54) is 5.56 Å². The third kappa shape index (κ3) is 7.17. The molecule has 0 radical (unpaired) electrons. The average molecular weight is 542 g/mol. The van der Waals surface area contributed by atoms with Crippen molar-refractivity contribution in [1.29, 1.82) is 5.26 Å². The fraction of sp³-hybridized carbons (Fsp3) is 0.406. The van der Waals surface area contributed by atoms with Crippen molar-refractivity contribution in [3.8, 4) is 6.07 Å². The largest absolute Gasteiger partial charge is 0.384 e. The number of amides is 1. The highest BCUT2D eigenvalue weighted by Gasteiger charge is 2.28. The summed E-state index contributed by atoms with van der Waals surface area (Å²) in [6.07, 6.45) is 6.24. The van der Waals surface area contributed by atoms with E-state index in [1.54, 1.807) is 25.1 Å². The Kier molecular flexibility index (Phi) is 10.7. The van der Waals surface area contributed by atoms with Crippen molar-refractivity contribution in [3.63, 3.8) is 0 Å². The quantitative estimate of drug-likeness (QED) is 0.560. The third-order valence-electron chi connectivity index (χ3n) is 7.48. The summed E-state index contributed by atoms with van der Waals surface area (Å²) in [6, 6.07) is 14.2. The maximum atomic E-state index is 12.2. The fourth-order valence-corrected chi connectivity index (χ4v) is 5.23. The number of anilines is 1. The van der Waals surface area contributed by atoms with Crippen LogP contribution < -0.4 is 11.2 Å². The first kappa shape index (κ1) is 30.6. The molecule has 2 aliphatic rings. The van der Waals surface area contributed by atoms with Gasteiger partial charge in [0.05, 0.1) is 0 Å². The maximum absolute atomic E-state index is 12.2. The predicted molar refractivity (Wildman–Crippen MR) is 163 cm³/mol. The van der Waals surface area contributed by atoms with E-state index in [2.05, 4.69) is 58.1 Å². The number of piperidine rings is 1. The number of rotatable bonds is 5. The van der Waals surface area contributed by atoms with Gasteiger partial charge < -0.3 is 15.6 Å². The zero-order valence-corrected chi connectivity index (χ0v) is 24.7. The van der Waals surface area contributed by atoms with Crippen LogP contribution in [0.5, 0.6) is 0 Å². The summed E-state index contributed by atoms with van der Waals surface area (Å²) in [7, 11) is 5.58. The summed E-state index contributed by atoms with van der Waals surface area (Å²) in [6.45, 7) is 13.0. The molecular weight excluding hydrogens is 498 g/mol. The molecule has 212 valence electrons. The van der Waals surface area contributed by atoms with Gasteiger partial charge >= 0.3 is 0 Å². The summed E-state index contributed by atoms with van der Waals surface area (Å²) >= 11 is 0. The van der Waals surface area contributed by atoms with Crippen LogP contribution in [0.1, 0.15) is 66.7 Å². The Labute approximate surface area is 239 Å². The number of allylic oxidation sites excluding steroid dienone is 3. The molecular formula is C32H43N7O. The smallest absolute Gasteiger partial charge is 0.253 e. The molecule has 1 aromatic carbocycles. The van der Waals surface area contributed by atoms with Gasteiger partial charge in [0.15, 0.2) is 5.69 Å². The number of hydrogen-bond donors (Lipinski definition) is 2. The van der Waals surface area contributed by atoms with E-state index in [-0.39, 0.29) is 5.91 Å². The molecule has 1 amide bonds. The number of nitrogens with two attached hydrogens (primary N) is 1. The van der Waals surface area contributed by atoms with Gasteiger partial charge in [-0.05, 0) is 79.3 Å². The molecule has 0 aliphatic carbocycles. The number of aromatic nitrogens is 1. The van der Waals surface area contributed by atoms with Crippen LogP contribution in [0.3, 0.4) is 0 Å². The van der Waals surface area contributed by atoms with Gasteiger partial charge in [-0.25, -0.2) is 10.4 Å². The molecule has 8 heteroatoms. The minimum Gasteiger partial charge on any atom is -0.384 e. The number of carbonyl (C=O) groups is 1. The fourth-order valence-electron chi connectivity index (χ4n) is 5.23. The number of benzene rings is 1. The number of nitrogens with zero attached hydrogens (tertiary/aromatic N) is 5. The zero-order chi connectivity index (χ0) is 29.4. The van der Waals surface area contributed by atoms with Crippen molar-refractivity contribution >= 4 is 17.3 Å². The summed E-state index contributed by atoms with van der Waals surface area (Å²) in [5, 5.41) is 11.7. The molecule has 2 atom stereocenters.